The van der Waals surface area contributed by atoms with Gasteiger partial charge in [0.05, 0.1) is 22.5 Å². The minimum absolute atomic E-state index is 0.0492. The molecule has 2 aromatic rings. The lowest BCUT2D eigenvalue weighted by Gasteiger charge is -2.20. The molecule has 1 aromatic carbocycles. The maximum Gasteiger partial charge on any atom is 0.257 e. The van der Waals surface area contributed by atoms with Crippen LogP contribution >= 0.6 is 0 Å². The Balaban J connectivity index is 1.68. The van der Waals surface area contributed by atoms with Crippen molar-refractivity contribution in [3.8, 4) is 0 Å². The van der Waals surface area contributed by atoms with Gasteiger partial charge in [0.1, 0.15) is 5.76 Å². The van der Waals surface area contributed by atoms with Crippen LogP contribution < -0.4 is 0 Å². The molecule has 0 atom stereocenters. The fourth-order valence-corrected chi connectivity index (χ4v) is 4.56. The Morgan fingerprint density at radius 1 is 1.17 bits per heavy atom. The first kappa shape index (κ1) is 14.5. The van der Waals surface area contributed by atoms with E-state index in [2.05, 4.69) is 0 Å². The molecule has 1 aliphatic heterocycles. The highest BCUT2D eigenvalue weighted by molar-refractivity contribution is 7.91. The number of sulfone groups is 1. The molecule has 23 heavy (non-hydrogen) atoms. The van der Waals surface area contributed by atoms with Crippen molar-refractivity contribution < 1.29 is 17.6 Å². The first-order chi connectivity index (χ1) is 11.1. The lowest BCUT2D eigenvalue weighted by atomic mass is 10.1. The van der Waals surface area contributed by atoms with Gasteiger partial charge in [-0.2, -0.15) is 0 Å². The molecular weight excluding hydrogens is 314 g/mol. The van der Waals surface area contributed by atoms with Crippen LogP contribution in [0.5, 0.6) is 0 Å². The average Bonchev–Trinajstić information content (AvgIpc) is 3.29. The van der Waals surface area contributed by atoms with E-state index in [1.54, 1.807) is 41.5 Å². The second-order valence-electron chi connectivity index (χ2n) is 6.13. The molecule has 0 unspecified atom stereocenters. The van der Waals surface area contributed by atoms with E-state index < -0.39 is 9.84 Å². The van der Waals surface area contributed by atoms with Gasteiger partial charge in [0.2, 0.25) is 0 Å². The Kier molecular flexibility index (Phi) is 3.30. The number of nitrogens with zero attached hydrogens (tertiary/aromatic N) is 1. The highest BCUT2D eigenvalue weighted by Crippen LogP contribution is 2.42. The Hall–Kier alpha value is -2.08. The first-order valence-electron chi connectivity index (χ1n) is 7.73. The standard InChI is InChI=1S/C17H17NO4S/c19-17(14-7-9-22-16(14)12-5-6-12)18-8-10-23(20,21)15-4-2-1-3-13(15)11-18/h1-4,7,9,12H,5-6,8,10-11H2. The molecule has 6 heteroatoms. The summed E-state index contributed by atoms with van der Waals surface area (Å²) in [5, 5.41) is 0. The number of hydrogen-bond donors (Lipinski definition) is 0. The molecule has 0 N–H and O–H groups in total. The van der Waals surface area contributed by atoms with E-state index in [0.717, 1.165) is 18.6 Å². The molecule has 0 spiro atoms. The van der Waals surface area contributed by atoms with Gasteiger partial charge < -0.3 is 9.32 Å². The van der Waals surface area contributed by atoms with E-state index in [9.17, 15) is 13.2 Å². The largest absolute Gasteiger partial charge is 0.468 e. The minimum atomic E-state index is -3.35. The predicted octanol–water partition coefficient (Wildman–Crippen LogP) is 2.59. The molecule has 1 amide bonds. The van der Waals surface area contributed by atoms with E-state index in [1.165, 1.54) is 0 Å². The molecule has 1 aliphatic carbocycles. The molecular formula is C17H17NO4S. The van der Waals surface area contributed by atoms with Gasteiger partial charge in [0.25, 0.3) is 5.91 Å². The van der Waals surface area contributed by atoms with Crippen LogP contribution in [0.15, 0.2) is 45.9 Å². The lowest BCUT2D eigenvalue weighted by molar-refractivity contribution is 0.0752. The fourth-order valence-electron chi connectivity index (χ4n) is 3.07. The van der Waals surface area contributed by atoms with Crippen molar-refractivity contribution in [2.75, 3.05) is 12.3 Å². The number of fused-ring (bicyclic) bond motifs is 1. The highest BCUT2D eigenvalue weighted by atomic mass is 32.2. The summed E-state index contributed by atoms with van der Waals surface area (Å²) < 4.78 is 30.2. The Labute approximate surface area is 134 Å². The molecule has 1 aromatic heterocycles. The monoisotopic (exact) mass is 331 g/mol. The van der Waals surface area contributed by atoms with Crippen LogP contribution in [0.25, 0.3) is 0 Å². The van der Waals surface area contributed by atoms with Crippen molar-refractivity contribution in [3.63, 3.8) is 0 Å². The normalized spacial score (nSPS) is 19.9. The van der Waals surface area contributed by atoms with Crippen LogP contribution in [0.4, 0.5) is 0 Å². The summed E-state index contributed by atoms with van der Waals surface area (Å²) in [6, 6.07) is 8.61. The predicted molar refractivity (Wildman–Crippen MR) is 83.9 cm³/mol. The van der Waals surface area contributed by atoms with E-state index in [1.807, 2.05) is 0 Å². The third-order valence-electron chi connectivity index (χ3n) is 4.46. The van der Waals surface area contributed by atoms with Crippen LogP contribution in [-0.2, 0) is 16.4 Å². The van der Waals surface area contributed by atoms with Gasteiger partial charge in [-0.25, -0.2) is 8.42 Å². The van der Waals surface area contributed by atoms with E-state index >= 15 is 0 Å². The fraction of sp³-hybridized carbons (Fsp3) is 0.353. The van der Waals surface area contributed by atoms with Gasteiger partial charge in [-0.05, 0) is 30.5 Å². The Morgan fingerprint density at radius 3 is 2.74 bits per heavy atom. The zero-order chi connectivity index (χ0) is 16.0. The van der Waals surface area contributed by atoms with Crippen LogP contribution in [0.2, 0.25) is 0 Å². The summed E-state index contributed by atoms with van der Waals surface area (Å²) >= 11 is 0. The number of carbonyl (C=O) groups excluding carboxylic acids is 1. The SMILES string of the molecule is O=C(c1ccoc1C1CC1)N1CCS(=O)(=O)c2ccccc2C1. The van der Waals surface area contributed by atoms with Crippen molar-refractivity contribution in [1.29, 1.82) is 0 Å². The number of carbonyl (C=O) groups is 1. The van der Waals surface area contributed by atoms with E-state index in [0.29, 0.717) is 28.5 Å². The molecule has 0 saturated heterocycles. The van der Waals surface area contributed by atoms with E-state index in [-0.39, 0.29) is 18.2 Å². The first-order valence-corrected chi connectivity index (χ1v) is 9.39. The van der Waals surface area contributed by atoms with Gasteiger partial charge in [-0.3, -0.25) is 4.79 Å². The molecule has 2 heterocycles. The highest BCUT2D eigenvalue weighted by Gasteiger charge is 2.34. The zero-order valence-corrected chi connectivity index (χ0v) is 13.4. The molecule has 1 fully saturated rings. The van der Waals surface area contributed by atoms with Crippen LogP contribution in [0.3, 0.4) is 0 Å². The summed E-state index contributed by atoms with van der Waals surface area (Å²) in [5.74, 6) is 0.890. The van der Waals surface area contributed by atoms with Crippen molar-refractivity contribution >= 4 is 15.7 Å². The molecule has 0 bridgehead atoms. The van der Waals surface area contributed by atoms with Gasteiger partial charge in [-0.15, -0.1) is 0 Å². The number of benzene rings is 1. The van der Waals surface area contributed by atoms with Crippen molar-refractivity contribution in [3.05, 3.63) is 53.5 Å². The molecule has 4 rings (SSSR count). The third-order valence-corrected chi connectivity index (χ3v) is 6.25. The van der Waals surface area contributed by atoms with Crippen molar-refractivity contribution in [1.82, 2.24) is 4.90 Å². The summed E-state index contributed by atoms with van der Waals surface area (Å²) in [7, 11) is -3.35. The van der Waals surface area contributed by atoms with Crippen LogP contribution in [0.1, 0.15) is 40.4 Å². The molecule has 5 nitrogen and oxygen atoms in total. The minimum Gasteiger partial charge on any atom is -0.468 e. The van der Waals surface area contributed by atoms with Crippen LogP contribution in [-0.4, -0.2) is 31.5 Å². The van der Waals surface area contributed by atoms with Crippen molar-refractivity contribution in [2.45, 2.75) is 30.2 Å². The van der Waals surface area contributed by atoms with E-state index in [4.69, 9.17) is 4.42 Å². The van der Waals surface area contributed by atoms with Gasteiger partial charge in [0, 0.05) is 19.0 Å². The van der Waals surface area contributed by atoms with Crippen LogP contribution in [0, 0.1) is 0 Å². The number of furan rings is 1. The molecule has 120 valence electrons. The quantitative estimate of drug-likeness (QED) is 0.848. The third kappa shape index (κ3) is 2.57. The molecule has 2 aliphatic rings. The smallest absolute Gasteiger partial charge is 0.257 e. The number of rotatable bonds is 2. The molecule has 0 radical (unpaired) electrons. The maximum atomic E-state index is 12.9. The van der Waals surface area contributed by atoms with Gasteiger partial charge in [0.15, 0.2) is 9.84 Å². The maximum absolute atomic E-state index is 12.9. The summed E-state index contributed by atoms with van der Waals surface area (Å²) in [4.78, 5) is 14.8. The summed E-state index contributed by atoms with van der Waals surface area (Å²) in [5.41, 5.74) is 1.25. The van der Waals surface area contributed by atoms with Gasteiger partial charge in [-0.1, -0.05) is 18.2 Å². The van der Waals surface area contributed by atoms with Crippen molar-refractivity contribution in [2.24, 2.45) is 0 Å². The molecule has 1 saturated carbocycles. The Morgan fingerprint density at radius 2 is 1.96 bits per heavy atom. The van der Waals surface area contributed by atoms with Gasteiger partial charge >= 0.3 is 0 Å². The summed E-state index contributed by atoms with van der Waals surface area (Å²) in [6.07, 6.45) is 3.64. The second kappa shape index (κ2) is 5.23. The summed E-state index contributed by atoms with van der Waals surface area (Å²) in [6.45, 7) is 0.509. The Bertz CT molecular complexity index is 864. The number of hydrogen-bond acceptors (Lipinski definition) is 4. The lowest BCUT2D eigenvalue weighted by Crippen LogP contribution is -2.32. The zero-order valence-electron chi connectivity index (χ0n) is 12.6. The average molecular weight is 331 g/mol. The second-order valence-corrected chi connectivity index (χ2v) is 8.20. The number of amides is 1. The topological polar surface area (TPSA) is 67.6 Å².